The Balaban J connectivity index is 1.71. The van der Waals surface area contributed by atoms with Crippen LogP contribution in [0.15, 0.2) is 30.3 Å². The number of rotatable bonds is 4. The van der Waals surface area contributed by atoms with E-state index in [4.69, 9.17) is 9.47 Å². The predicted octanol–water partition coefficient (Wildman–Crippen LogP) is 2.08. The highest BCUT2D eigenvalue weighted by atomic mass is 79.9. The average molecular weight is 300 g/mol. The number of ether oxygens (including phenoxy) is 2. The average Bonchev–Trinajstić information content (AvgIpc) is 2.34. The Morgan fingerprint density at radius 1 is 1.47 bits per heavy atom. The smallest absolute Gasteiger partial charge is 0.407 e. The lowest BCUT2D eigenvalue weighted by atomic mass is 10.1. The zero-order chi connectivity index (χ0) is 12.1. The first-order chi connectivity index (χ1) is 8.29. The maximum atomic E-state index is 11.5. The molecule has 1 N–H and O–H groups in total. The summed E-state index contributed by atoms with van der Waals surface area (Å²) in [5.74, 6) is 0. The summed E-state index contributed by atoms with van der Waals surface area (Å²) in [4.78, 5) is 11.5. The van der Waals surface area contributed by atoms with E-state index in [1.807, 2.05) is 30.3 Å². The normalized spacial score (nSPS) is 22.6. The summed E-state index contributed by atoms with van der Waals surface area (Å²) in [6.07, 6.45) is -0.340. The number of amides is 1. The van der Waals surface area contributed by atoms with Crippen LogP contribution in [0.2, 0.25) is 0 Å². The van der Waals surface area contributed by atoms with E-state index >= 15 is 0 Å². The summed E-state index contributed by atoms with van der Waals surface area (Å²) in [5, 5.41) is 3.49. The molecule has 1 saturated heterocycles. The minimum Gasteiger partial charge on any atom is -0.445 e. The summed E-state index contributed by atoms with van der Waals surface area (Å²) < 4.78 is 10.3. The first-order valence-electron chi connectivity index (χ1n) is 5.44. The molecule has 1 amide bonds. The highest BCUT2D eigenvalue weighted by Crippen LogP contribution is 2.14. The standard InChI is InChI=1S/C12H14BrNO3/c13-6-11-10(8-16-11)14-12(15)17-7-9-4-2-1-3-5-9/h1-5,10-11H,6-8H2,(H,14,15)/t10-,11-/m0/s1. The molecule has 4 nitrogen and oxygen atoms in total. The maximum Gasteiger partial charge on any atom is 0.407 e. The van der Waals surface area contributed by atoms with E-state index in [1.165, 1.54) is 0 Å². The van der Waals surface area contributed by atoms with Gasteiger partial charge in [-0.1, -0.05) is 46.3 Å². The van der Waals surface area contributed by atoms with Gasteiger partial charge in [0.1, 0.15) is 6.61 Å². The lowest BCUT2D eigenvalue weighted by Crippen LogP contribution is -2.56. The third-order valence-electron chi connectivity index (χ3n) is 2.61. The van der Waals surface area contributed by atoms with Gasteiger partial charge in [-0.05, 0) is 5.56 Å². The minimum absolute atomic E-state index is 0.0534. The molecule has 0 radical (unpaired) electrons. The van der Waals surface area contributed by atoms with Crippen LogP contribution >= 0.6 is 15.9 Å². The van der Waals surface area contributed by atoms with E-state index in [1.54, 1.807) is 0 Å². The third kappa shape index (κ3) is 3.44. The van der Waals surface area contributed by atoms with Crippen molar-refractivity contribution in [1.82, 2.24) is 5.32 Å². The van der Waals surface area contributed by atoms with Crippen molar-refractivity contribution in [1.29, 1.82) is 0 Å². The third-order valence-corrected chi connectivity index (χ3v) is 3.24. The van der Waals surface area contributed by atoms with E-state index in [2.05, 4.69) is 21.2 Å². The summed E-state index contributed by atoms with van der Waals surface area (Å²) in [7, 11) is 0. The summed E-state index contributed by atoms with van der Waals surface area (Å²) in [6.45, 7) is 0.843. The Bertz CT molecular complexity index is 369. The van der Waals surface area contributed by atoms with Gasteiger partial charge in [-0.25, -0.2) is 4.79 Å². The quantitative estimate of drug-likeness (QED) is 0.866. The summed E-state index contributed by atoms with van der Waals surface area (Å²) >= 11 is 3.32. The number of hydrogen-bond donors (Lipinski definition) is 1. The summed E-state index contributed by atoms with van der Waals surface area (Å²) in [6, 6.07) is 9.64. The van der Waals surface area contributed by atoms with Crippen molar-refractivity contribution in [2.45, 2.75) is 18.8 Å². The van der Waals surface area contributed by atoms with Crippen LogP contribution in [0, 0.1) is 0 Å². The Labute approximate surface area is 108 Å². The van der Waals surface area contributed by atoms with Gasteiger partial charge in [0.15, 0.2) is 0 Å². The van der Waals surface area contributed by atoms with Gasteiger partial charge in [-0.15, -0.1) is 0 Å². The fourth-order valence-electron chi connectivity index (χ4n) is 1.53. The van der Waals surface area contributed by atoms with Crippen LogP contribution in [-0.2, 0) is 16.1 Å². The predicted molar refractivity (Wildman–Crippen MR) is 67.1 cm³/mol. The molecule has 1 aliphatic rings. The molecule has 2 atom stereocenters. The van der Waals surface area contributed by atoms with Gasteiger partial charge < -0.3 is 14.8 Å². The van der Waals surface area contributed by atoms with Gasteiger partial charge in [0.25, 0.3) is 0 Å². The SMILES string of the molecule is O=C(N[C@H]1CO[C@H]1CBr)OCc1ccccc1. The Hall–Kier alpha value is -1.07. The number of nitrogens with one attached hydrogen (secondary N) is 1. The van der Waals surface area contributed by atoms with Crippen LogP contribution in [0.5, 0.6) is 0 Å². The number of halogens is 1. The zero-order valence-electron chi connectivity index (χ0n) is 9.27. The Kier molecular flexibility index (Phi) is 4.39. The zero-order valence-corrected chi connectivity index (χ0v) is 10.9. The van der Waals surface area contributed by atoms with Crippen LogP contribution in [0.3, 0.4) is 0 Å². The number of benzene rings is 1. The van der Waals surface area contributed by atoms with Crippen molar-refractivity contribution in [2.75, 3.05) is 11.9 Å². The lowest BCUT2D eigenvalue weighted by molar-refractivity contribution is -0.0699. The molecule has 1 aromatic rings. The van der Waals surface area contributed by atoms with E-state index in [-0.39, 0.29) is 12.1 Å². The molecule has 0 bridgehead atoms. The van der Waals surface area contributed by atoms with Gasteiger partial charge in [0.05, 0.1) is 18.8 Å². The molecular formula is C12H14BrNO3. The van der Waals surface area contributed by atoms with Gasteiger partial charge in [-0.2, -0.15) is 0 Å². The first-order valence-corrected chi connectivity index (χ1v) is 6.56. The maximum absolute atomic E-state index is 11.5. The first kappa shape index (κ1) is 12.4. The van der Waals surface area contributed by atoms with Crippen LogP contribution < -0.4 is 5.32 Å². The second kappa shape index (κ2) is 6.02. The number of hydrogen-bond acceptors (Lipinski definition) is 3. The van der Waals surface area contributed by atoms with E-state index in [0.29, 0.717) is 13.2 Å². The van der Waals surface area contributed by atoms with Crippen molar-refractivity contribution in [3.63, 3.8) is 0 Å². The largest absolute Gasteiger partial charge is 0.445 e. The molecule has 17 heavy (non-hydrogen) atoms. The number of carbonyl (C=O) groups excluding carboxylic acids is 1. The van der Waals surface area contributed by atoms with Crippen LogP contribution in [0.1, 0.15) is 5.56 Å². The number of carbonyl (C=O) groups is 1. The molecule has 0 aromatic heterocycles. The monoisotopic (exact) mass is 299 g/mol. The lowest BCUT2D eigenvalue weighted by Gasteiger charge is -2.35. The van der Waals surface area contributed by atoms with Gasteiger partial charge in [0, 0.05) is 5.33 Å². The van der Waals surface area contributed by atoms with Crippen LogP contribution in [0.25, 0.3) is 0 Å². The Morgan fingerprint density at radius 2 is 2.24 bits per heavy atom. The van der Waals surface area contributed by atoms with E-state index < -0.39 is 6.09 Å². The minimum atomic E-state index is -0.395. The van der Waals surface area contributed by atoms with Crippen LogP contribution in [0.4, 0.5) is 4.79 Å². The molecule has 92 valence electrons. The molecule has 0 spiro atoms. The molecule has 5 heteroatoms. The highest BCUT2D eigenvalue weighted by molar-refractivity contribution is 9.09. The van der Waals surface area contributed by atoms with Crippen molar-refractivity contribution in [3.05, 3.63) is 35.9 Å². The molecule has 0 aliphatic carbocycles. The molecule has 1 aromatic carbocycles. The fourth-order valence-corrected chi connectivity index (χ4v) is 2.17. The van der Waals surface area contributed by atoms with Crippen molar-refractivity contribution >= 4 is 22.0 Å². The molecule has 1 fully saturated rings. The van der Waals surface area contributed by atoms with Crippen molar-refractivity contribution in [3.8, 4) is 0 Å². The van der Waals surface area contributed by atoms with Gasteiger partial charge in [-0.3, -0.25) is 0 Å². The topological polar surface area (TPSA) is 47.6 Å². The van der Waals surface area contributed by atoms with E-state index in [9.17, 15) is 4.79 Å². The molecule has 1 heterocycles. The molecule has 0 saturated carbocycles. The molecular weight excluding hydrogens is 286 g/mol. The van der Waals surface area contributed by atoms with E-state index in [0.717, 1.165) is 10.9 Å². The fraction of sp³-hybridized carbons (Fsp3) is 0.417. The number of alkyl carbamates (subject to hydrolysis) is 1. The second-order valence-corrected chi connectivity index (χ2v) is 4.49. The Morgan fingerprint density at radius 3 is 2.82 bits per heavy atom. The number of alkyl halides is 1. The highest BCUT2D eigenvalue weighted by Gasteiger charge is 2.32. The summed E-state index contributed by atoms with van der Waals surface area (Å²) in [5.41, 5.74) is 0.976. The van der Waals surface area contributed by atoms with Gasteiger partial charge in [0.2, 0.25) is 0 Å². The van der Waals surface area contributed by atoms with Crippen molar-refractivity contribution < 1.29 is 14.3 Å². The van der Waals surface area contributed by atoms with Crippen LogP contribution in [-0.4, -0.2) is 30.2 Å². The second-order valence-electron chi connectivity index (χ2n) is 3.84. The molecule has 0 unspecified atom stereocenters. The molecule has 1 aliphatic heterocycles. The molecule has 2 rings (SSSR count). The van der Waals surface area contributed by atoms with Crippen molar-refractivity contribution in [2.24, 2.45) is 0 Å². The van der Waals surface area contributed by atoms with Gasteiger partial charge >= 0.3 is 6.09 Å².